The number of esters is 1. The summed E-state index contributed by atoms with van der Waals surface area (Å²) in [7, 11) is 0. The van der Waals surface area contributed by atoms with Crippen molar-refractivity contribution >= 4 is 11.9 Å². The number of nitrogens with one attached hydrogen (secondary N) is 1. The first-order valence-electron chi connectivity index (χ1n) is 9.32. The first-order valence-corrected chi connectivity index (χ1v) is 9.32. The third-order valence-electron chi connectivity index (χ3n) is 4.29. The van der Waals surface area contributed by atoms with Crippen molar-refractivity contribution in [1.29, 1.82) is 0 Å². The fraction of sp³-hybridized carbons (Fsp3) is 0.450. The number of carbonyl (C=O) groups excluding carboxylic acids is 1. The zero-order chi connectivity index (χ0) is 19.4. The van der Waals surface area contributed by atoms with Gasteiger partial charge in [0.1, 0.15) is 18.1 Å². The summed E-state index contributed by atoms with van der Waals surface area (Å²) in [6, 6.07) is 7.30. The summed E-state index contributed by atoms with van der Waals surface area (Å²) in [4.78, 5) is 17.1. The molecule has 1 aliphatic heterocycles. The number of carbonyl (C=O) groups is 1. The predicted molar refractivity (Wildman–Crippen MR) is 103 cm³/mol. The van der Waals surface area contributed by atoms with Crippen LogP contribution in [0.5, 0.6) is 5.75 Å². The van der Waals surface area contributed by atoms with Gasteiger partial charge in [0.15, 0.2) is 0 Å². The van der Waals surface area contributed by atoms with Crippen LogP contribution in [-0.4, -0.2) is 33.4 Å². The Hall–Kier alpha value is -2.83. The zero-order valence-electron chi connectivity index (χ0n) is 16.2. The van der Waals surface area contributed by atoms with Gasteiger partial charge in [0.05, 0.1) is 18.3 Å². The molecular weight excluding hydrogens is 344 g/mol. The summed E-state index contributed by atoms with van der Waals surface area (Å²) < 4.78 is 13.0. The number of nitrogens with zero attached hydrogens (tertiary/aromatic N) is 3. The molecule has 0 saturated heterocycles. The van der Waals surface area contributed by atoms with E-state index in [-0.39, 0.29) is 12.1 Å². The molecule has 1 aromatic carbocycles. The van der Waals surface area contributed by atoms with Crippen LogP contribution in [0.1, 0.15) is 52.1 Å². The second kappa shape index (κ2) is 8.24. The minimum atomic E-state index is -0.423. The zero-order valence-corrected chi connectivity index (χ0v) is 16.2. The number of hydrogen-bond donors (Lipinski definition) is 1. The highest BCUT2D eigenvalue weighted by Crippen LogP contribution is 2.36. The van der Waals surface area contributed by atoms with E-state index in [0.29, 0.717) is 18.1 Å². The Labute approximate surface area is 159 Å². The molecule has 7 nitrogen and oxygen atoms in total. The normalized spacial score (nSPS) is 16.1. The van der Waals surface area contributed by atoms with Gasteiger partial charge < -0.3 is 14.8 Å². The van der Waals surface area contributed by atoms with E-state index < -0.39 is 6.04 Å². The van der Waals surface area contributed by atoms with Gasteiger partial charge in [0, 0.05) is 5.70 Å². The van der Waals surface area contributed by atoms with Crippen LogP contribution in [0.4, 0.5) is 5.95 Å². The van der Waals surface area contributed by atoms with Crippen molar-refractivity contribution in [2.24, 2.45) is 0 Å². The third kappa shape index (κ3) is 4.13. The molecule has 0 bridgehead atoms. The lowest BCUT2D eigenvalue weighted by Gasteiger charge is -2.28. The highest BCUT2D eigenvalue weighted by atomic mass is 16.5. The first-order chi connectivity index (χ1) is 13.0. The average molecular weight is 370 g/mol. The number of allylic oxidation sites excluding steroid dienone is 1. The fourth-order valence-electron chi connectivity index (χ4n) is 3.08. The third-order valence-corrected chi connectivity index (χ3v) is 4.29. The summed E-state index contributed by atoms with van der Waals surface area (Å²) in [5.74, 6) is 1.01. The molecule has 0 amide bonds. The van der Waals surface area contributed by atoms with Crippen molar-refractivity contribution in [2.75, 3.05) is 11.9 Å². The average Bonchev–Trinajstić information content (AvgIpc) is 3.08. The number of hydrogen-bond acceptors (Lipinski definition) is 6. The largest absolute Gasteiger partial charge is 0.491 e. The lowest BCUT2D eigenvalue weighted by atomic mass is 9.95. The number of fused-ring (bicyclic) bond motifs is 1. The van der Waals surface area contributed by atoms with E-state index in [0.717, 1.165) is 29.9 Å². The first kappa shape index (κ1) is 18.9. The number of anilines is 1. The highest BCUT2D eigenvalue weighted by Gasteiger charge is 2.34. The molecule has 1 aromatic heterocycles. The molecule has 0 fully saturated rings. The predicted octanol–water partition coefficient (Wildman–Crippen LogP) is 3.70. The van der Waals surface area contributed by atoms with Gasteiger partial charge in [-0.1, -0.05) is 25.5 Å². The van der Waals surface area contributed by atoms with E-state index in [9.17, 15) is 4.79 Å². The van der Waals surface area contributed by atoms with E-state index in [1.807, 2.05) is 45.0 Å². The van der Waals surface area contributed by atoms with Gasteiger partial charge in [-0.25, -0.2) is 9.48 Å². The fourth-order valence-corrected chi connectivity index (χ4v) is 3.08. The highest BCUT2D eigenvalue weighted by molar-refractivity contribution is 5.92. The quantitative estimate of drug-likeness (QED) is 0.591. The number of rotatable bonds is 7. The van der Waals surface area contributed by atoms with Crippen molar-refractivity contribution in [3.8, 4) is 5.75 Å². The molecule has 1 unspecified atom stereocenters. The molecule has 3 rings (SSSR count). The minimum absolute atomic E-state index is 0.0611. The van der Waals surface area contributed by atoms with Crippen molar-refractivity contribution in [3.05, 3.63) is 47.4 Å². The van der Waals surface area contributed by atoms with Crippen LogP contribution in [0.3, 0.4) is 0 Å². The molecule has 2 heterocycles. The summed E-state index contributed by atoms with van der Waals surface area (Å²) in [5, 5.41) is 7.47. The second-order valence-corrected chi connectivity index (χ2v) is 6.82. The molecule has 144 valence electrons. The smallest absolute Gasteiger partial charge is 0.338 e. The van der Waals surface area contributed by atoms with Gasteiger partial charge in [0.25, 0.3) is 0 Å². The van der Waals surface area contributed by atoms with Crippen LogP contribution in [0.2, 0.25) is 0 Å². The van der Waals surface area contributed by atoms with Crippen LogP contribution in [0, 0.1) is 0 Å². The van der Waals surface area contributed by atoms with Gasteiger partial charge in [-0.2, -0.15) is 10.1 Å². The maximum atomic E-state index is 12.8. The minimum Gasteiger partial charge on any atom is -0.491 e. The number of benzene rings is 1. The van der Waals surface area contributed by atoms with E-state index in [1.54, 1.807) is 4.68 Å². The van der Waals surface area contributed by atoms with Gasteiger partial charge in [-0.3, -0.25) is 0 Å². The van der Waals surface area contributed by atoms with Crippen LogP contribution < -0.4 is 10.1 Å². The maximum absolute atomic E-state index is 12.8. The molecule has 27 heavy (non-hydrogen) atoms. The summed E-state index contributed by atoms with van der Waals surface area (Å²) >= 11 is 0. The molecule has 7 heteroatoms. The van der Waals surface area contributed by atoms with E-state index in [2.05, 4.69) is 22.3 Å². The van der Waals surface area contributed by atoms with Crippen LogP contribution in [0.25, 0.3) is 0 Å². The monoisotopic (exact) mass is 370 g/mol. The van der Waals surface area contributed by atoms with Crippen molar-refractivity contribution in [3.63, 3.8) is 0 Å². The topological polar surface area (TPSA) is 78.3 Å². The SMILES string of the molecule is CCCCOC(=O)C1=C(C)Nc2ncnn2C1c1cccc(OC(C)C)c1. The van der Waals surface area contributed by atoms with Gasteiger partial charge in [0.2, 0.25) is 5.95 Å². The Bertz CT molecular complexity index is 841. The Balaban J connectivity index is 2.00. The number of ether oxygens (including phenoxy) is 2. The second-order valence-electron chi connectivity index (χ2n) is 6.82. The number of unbranched alkanes of at least 4 members (excludes halogenated alkanes) is 1. The Morgan fingerprint density at radius 2 is 2.19 bits per heavy atom. The maximum Gasteiger partial charge on any atom is 0.338 e. The Morgan fingerprint density at radius 3 is 2.93 bits per heavy atom. The summed E-state index contributed by atoms with van der Waals surface area (Å²) in [6.07, 6.45) is 3.34. The van der Waals surface area contributed by atoms with E-state index in [1.165, 1.54) is 6.33 Å². The van der Waals surface area contributed by atoms with Crippen molar-refractivity contribution in [2.45, 2.75) is 52.7 Å². The molecule has 1 aliphatic rings. The molecule has 2 aromatic rings. The van der Waals surface area contributed by atoms with E-state index >= 15 is 0 Å². The molecule has 0 saturated carbocycles. The molecule has 1 N–H and O–H groups in total. The van der Waals surface area contributed by atoms with Gasteiger partial charge >= 0.3 is 5.97 Å². The molecule has 0 radical (unpaired) electrons. The lowest BCUT2D eigenvalue weighted by molar-refractivity contribution is -0.139. The van der Waals surface area contributed by atoms with E-state index in [4.69, 9.17) is 9.47 Å². The standard InChI is InChI=1S/C20H26N4O3/c1-5-6-10-26-19(25)17-14(4)23-20-21-12-22-24(20)18(17)15-8-7-9-16(11-15)27-13(2)3/h7-9,11-13,18H,5-6,10H2,1-4H3,(H,21,22,23). The summed E-state index contributed by atoms with van der Waals surface area (Å²) in [5.41, 5.74) is 2.14. The molecule has 1 atom stereocenters. The Kier molecular flexibility index (Phi) is 5.78. The van der Waals surface area contributed by atoms with Crippen molar-refractivity contribution < 1.29 is 14.3 Å². The lowest BCUT2D eigenvalue weighted by Crippen LogP contribution is -2.29. The summed E-state index contributed by atoms with van der Waals surface area (Å²) in [6.45, 7) is 8.28. The van der Waals surface area contributed by atoms with Crippen LogP contribution in [-0.2, 0) is 9.53 Å². The van der Waals surface area contributed by atoms with Crippen LogP contribution in [0.15, 0.2) is 41.9 Å². The molecule has 0 spiro atoms. The number of aromatic nitrogens is 3. The van der Waals surface area contributed by atoms with Gasteiger partial charge in [-0.05, 0) is 44.9 Å². The van der Waals surface area contributed by atoms with Crippen molar-refractivity contribution in [1.82, 2.24) is 14.8 Å². The van der Waals surface area contributed by atoms with Gasteiger partial charge in [-0.15, -0.1) is 0 Å². The molecular formula is C20H26N4O3. The Morgan fingerprint density at radius 1 is 1.37 bits per heavy atom. The molecule has 0 aliphatic carbocycles. The van der Waals surface area contributed by atoms with Crippen LogP contribution >= 0.6 is 0 Å².